The second kappa shape index (κ2) is 12.5. The van der Waals surface area contributed by atoms with Gasteiger partial charge in [-0.2, -0.15) is 0 Å². The first kappa shape index (κ1) is 29.6. The molecule has 0 N–H and O–H groups in total. The first-order valence-corrected chi connectivity index (χ1v) is 12.7. The van der Waals surface area contributed by atoms with Gasteiger partial charge in [-0.25, -0.2) is 14.8 Å². The lowest BCUT2D eigenvalue weighted by Crippen LogP contribution is -2.41. The summed E-state index contributed by atoms with van der Waals surface area (Å²) in [6.45, 7) is 14.0. The lowest BCUT2D eigenvalue weighted by Gasteiger charge is -2.33. The molecule has 1 atom stereocenters. The van der Waals surface area contributed by atoms with Gasteiger partial charge in [0.1, 0.15) is 28.3 Å². The Hall–Kier alpha value is -2.65. The van der Waals surface area contributed by atoms with Gasteiger partial charge in [-0.15, -0.1) is 0 Å². The number of aromatic nitrogens is 2. The van der Waals surface area contributed by atoms with E-state index in [0.717, 1.165) is 5.56 Å². The molecule has 1 aromatic heterocycles. The number of rotatable bonds is 5. The number of likely N-dealkylation sites (tertiary alicyclic amines) is 1. The molecule has 2 heterocycles. The van der Waals surface area contributed by atoms with Gasteiger partial charge < -0.3 is 14.4 Å². The van der Waals surface area contributed by atoms with E-state index < -0.39 is 16.6 Å². The van der Waals surface area contributed by atoms with Crippen LogP contribution in [0.5, 0.6) is 5.75 Å². The number of carbonyl (C=O) groups excluding carboxylic acids is 1. The summed E-state index contributed by atoms with van der Waals surface area (Å²) in [6.07, 6.45) is 1.55. The van der Waals surface area contributed by atoms with E-state index in [1.54, 1.807) is 24.8 Å². The maximum Gasteiger partial charge on any atom is 0.410 e. The van der Waals surface area contributed by atoms with Crippen LogP contribution in [0.1, 0.15) is 83.1 Å². The predicted octanol–water partition coefficient (Wildman–Crippen LogP) is 7.28. The van der Waals surface area contributed by atoms with Crippen LogP contribution in [0.2, 0.25) is 10.3 Å². The van der Waals surface area contributed by atoms with Crippen LogP contribution in [0.15, 0.2) is 18.5 Å². The quantitative estimate of drug-likeness (QED) is 0.222. The van der Waals surface area contributed by atoms with Crippen LogP contribution in [0, 0.1) is 17.0 Å². The third-order valence-electron chi connectivity index (χ3n) is 5.58. The zero-order chi connectivity index (χ0) is 27.2. The largest absolute Gasteiger partial charge is 0.478 e. The number of ether oxygens (including phenoxy) is 2. The maximum absolute atomic E-state index is 12.3. The average Bonchev–Trinajstić information content (AvgIpc) is 2.80. The molecule has 1 amide bonds. The van der Waals surface area contributed by atoms with Crippen molar-refractivity contribution < 1.29 is 19.2 Å². The Kier molecular flexibility index (Phi) is 10.3. The molecule has 1 aliphatic rings. The number of hydrogen-bond acceptors (Lipinski definition) is 7. The van der Waals surface area contributed by atoms with Crippen molar-refractivity contribution in [3.63, 3.8) is 0 Å². The fourth-order valence-electron chi connectivity index (χ4n) is 3.95. The Morgan fingerprint density at radius 2 is 1.72 bits per heavy atom. The van der Waals surface area contributed by atoms with Gasteiger partial charge >= 0.3 is 11.8 Å². The van der Waals surface area contributed by atoms with E-state index in [0.29, 0.717) is 37.1 Å². The topological polar surface area (TPSA) is 108 Å². The number of piperidine rings is 1. The highest BCUT2D eigenvalue weighted by Gasteiger charge is 2.30. The van der Waals surface area contributed by atoms with Gasteiger partial charge in [-0.1, -0.05) is 43.1 Å². The first-order chi connectivity index (χ1) is 16.9. The van der Waals surface area contributed by atoms with Crippen LogP contribution < -0.4 is 4.74 Å². The van der Waals surface area contributed by atoms with Crippen molar-refractivity contribution in [3.05, 3.63) is 55.6 Å². The minimum atomic E-state index is -0.707. The van der Waals surface area contributed by atoms with Crippen molar-refractivity contribution in [2.45, 2.75) is 78.9 Å². The summed E-state index contributed by atoms with van der Waals surface area (Å²) in [5, 5.41) is 12.2. The van der Waals surface area contributed by atoms with Crippen LogP contribution >= 0.6 is 23.2 Å². The van der Waals surface area contributed by atoms with Crippen molar-refractivity contribution in [3.8, 4) is 5.75 Å². The second-order valence-electron chi connectivity index (χ2n) is 9.31. The Balaban J connectivity index is 0.00000222. The SMILES string of the molecule is CC.Cc1cc(C2CCN(C(=O)OC(C)(C)C)CC2)cc([N+](=O)[O-])c1OC(C)c1c(Cl)ncnc1Cl. The van der Waals surface area contributed by atoms with Crippen LogP contribution in [0.3, 0.4) is 0 Å². The third-order valence-corrected chi connectivity index (χ3v) is 6.18. The van der Waals surface area contributed by atoms with Gasteiger partial charge in [0.2, 0.25) is 5.75 Å². The number of nitro benzene ring substituents is 1. The van der Waals surface area contributed by atoms with Crippen molar-refractivity contribution >= 4 is 35.0 Å². The number of aryl methyl sites for hydroxylation is 1. The van der Waals surface area contributed by atoms with Crippen molar-refractivity contribution in [1.29, 1.82) is 0 Å². The molecule has 1 fully saturated rings. The lowest BCUT2D eigenvalue weighted by molar-refractivity contribution is -0.386. The molecule has 1 unspecified atom stereocenters. The molecule has 3 rings (SSSR count). The Morgan fingerprint density at radius 3 is 2.22 bits per heavy atom. The molecule has 0 spiro atoms. The fourth-order valence-corrected chi connectivity index (χ4v) is 4.58. The predicted molar refractivity (Wildman–Crippen MR) is 140 cm³/mol. The normalized spacial score (nSPS) is 15.0. The first-order valence-electron chi connectivity index (χ1n) is 12.0. The standard InChI is InChI=1S/C23H28Cl2N4O5.C2H6/c1-13-10-16(15-6-8-28(9-7-15)22(30)34-23(3,4)5)11-17(29(31)32)19(13)33-14(2)18-20(24)26-12-27-21(18)25;1-2/h10-12,14-15H,6-9H2,1-5H3;1-2H3. The van der Waals surface area contributed by atoms with Gasteiger partial charge in [0.05, 0.1) is 10.5 Å². The van der Waals surface area contributed by atoms with E-state index in [4.69, 9.17) is 32.7 Å². The van der Waals surface area contributed by atoms with Gasteiger partial charge in [0, 0.05) is 19.2 Å². The molecule has 1 aliphatic heterocycles. The molecule has 0 saturated carbocycles. The van der Waals surface area contributed by atoms with Gasteiger partial charge in [0.15, 0.2) is 0 Å². The molecule has 11 heteroatoms. The fraction of sp³-hybridized carbons (Fsp3) is 0.560. The number of hydrogen-bond donors (Lipinski definition) is 0. The molecule has 0 aliphatic carbocycles. The van der Waals surface area contributed by atoms with E-state index in [2.05, 4.69) is 9.97 Å². The smallest absolute Gasteiger partial charge is 0.410 e. The van der Waals surface area contributed by atoms with Crippen LogP contribution in [-0.2, 0) is 4.74 Å². The van der Waals surface area contributed by atoms with E-state index in [1.807, 2.05) is 40.7 Å². The van der Waals surface area contributed by atoms with E-state index >= 15 is 0 Å². The van der Waals surface area contributed by atoms with Crippen molar-refractivity contribution in [2.75, 3.05) is 13.1 Å². The zero-order valence-corrected chi connectivity index (χ0v) is 23.3. The number of amides is 1. The summed E-state index contributed by atoms with van der Waals surface area (Å²) in [7, 11) is 0. The molecule has 0 bridgehead atoms. The highest BCUT2D eigenvalue weighted by atomic mass is 35.5. The minimum absolute atomic E-state index is 0.0778. The molecule has 2 aromatic rings. The Bertz CT molecular complexity index is 1060. The number of benzene rings is 1. The zero-order valence-electron chi connectivity index (χ0n) is 21.8. The summed E-state index contributed by atoms with van der Waals surface area (Å²) in [4.78, 5) is 33.3. The van der Waals surface area contributed by atoms with Gasteiger partial charge in [-0.05, 0) is 64.5 Å². The summed E-state index contributed by atoms with van der Waals surface area (Å²) in [5.74, 6) is 0.220. The summed E-state index contributed by atoms with van der Waals surface area (Å²) >= 11 is 12.3. The van der Waals surface area contributed by atoms with Crippen LogP contribution in [0.25, 0.3) is 0 Å². The molecule has 1 aromatic carbocycles. The molecule has 198 valence electrons. The number of nitrogens with zero attached hydrogens (tertiary/aromatic N) is 4. The molecular weight excluding hydrogens is 507 g/mol. The van der Waals surface area contributed by atoms with E-state index in [9.17, 15) is 14.9 Å². The van der Waals surface area contributed by atoms with Gasteiger partial charge in [0.25, 0.3) is 0 Å². The molecule has 0 radical (unpaired) electrons. The monoisotopic (exact) mass is 540 g/mol. The minimum Gasteiger partial charge on any atom is -0.478 e. The lowest BCUT2D eigenvalue weighted by atomic mass is 9.88. The number of halogens is 2. The van der Waals surface area contributed by atoms with E-state index in [1.165, 1.54) is 6.33 Å². The maximum atomic E-state index is 12.3. The highest BCUT2D eigenvalue weighted by Crippen LogP contribution is 2.40. The highest BCUT2D eigenvalue weighted by molar-refractivity contribution is 6.34. The van der Waals surface area contributed by atoms with Crippen LogP contribution in [0.4, 0.5) is 10.5 Å². The average molecular weight is 541 g/mol. The molecular formula is C25H34Cl2N4O5. The Labute approximate surface area is 222 Å². The number of carbonyl (C=O) groups is 1. The molecule has 9 nitrogen and oxygen atoms in total. The van der Waals surface area contributed by atoms with Crippen molar-refractivity contribution in [1.82, 2.24) is 14.9 Å². The summed E-state index contributed by atoms with van der Waals surface area (Å²) in [6, 6.07) is 3.45. The summed E-state index contributed by atoms with van der Waals surface area (Å²) < 4.78 is 11.4. The van der Waals surface area contributed by atoms with Crippen molar-refractivity contribution in [2.24, 2.45) is 0 Å². The molecule has 1 saturated heterocycles. The van der Waals surface area contributed by atoms with Crippen LogP contribution in [-0.4, -0.2) is 44.6 Å². The van der Waals surface area contributed by atoms with Gasteiger partial charge in [-0.3, -0.25) is 10.1 Å². The van der Waals surface area contributed by atoms with E-state index in [-0.39, 0.29) is 33.8 Å². The second-order valence-corrected chi connectivity index (χ2v) is 10.0. The molecule has 36 heavy (non-hydrogen) atoms. The number of nitro groups is 1. The summed E-state index contributed by atoms with van der Waals surface area (Å²) in [5.41, 5.74) is 1.12. The third kappa shape index (κ3) is 7.43. The Morgan fingerprint density at radius 1 is 1.17 bits per heavy atom.